The Morgan fingerprint density at radius 3 is 2.68 bits per heavy atom. The lowest BCUT2D eigenvalue weighted by Gasteiger charge is -2.35. The molecule has 0 spiro atoms. The molecule has 19 heavy (non-hydrogen) atoms. The van der Waals surface area contributed by atoms with Crippen LogP contribution in [-0.2, 0) is 4.79 Å². The van der Waals surface area contributed by atoms with Gasteiger partial charge in [-0.15, -0.1) is 0 Å². The quantitative estimate of drug-likeness (QED) is 0.682. The van der Waals surface area contributed by atoms with E-state index in [-0.39, 0.29) is 6.04 Å². The van der Waals surface area contributed by atoms with Gasteiger partial charge in [-0.25, -0.2) is 4.79 Å². The molecule has 1 rings (SSSR count). The number of hydrogen-bond donors (Lipinski definition) is 3. The number of amides is 1. The highest BCUT2D eigenvalue weighted by Crippen LogP contribution is 2.36. The molecule has 6 nitrogen and oxygen atoms in total. The lowest BCUT2D eigenvalue weighted by Crippen LogP contribution is -2.42. The van der Waals surface area contributed by atoms with Crippen LogP contribution in [0.1, 0.15) is 31.9 Å². The average Bonchev–Trinajstić information content (AvgIpc) is 2.87. The lowest BCUT2D eigenvalue weighted by atomic mass is 9.77. The van der Waals surface area contributed by atoms with E-state index in [9.17, 15) is 9.59 Å². The van der Waals surface area contributed by atoms with Gasteiger partial charge in [-0.1, -0.05) is 13.8 Å². The van der Waals surface area contributed by atoms with Crippen LogP contribution in [0.2, 0.25) is 0 Å². The zero-order chi connectivity index (χ0) is 14.6. The van der Waals surface area contributed by atoms with Crippen molar-refractivity contribution < 1.29 is 14.7 Å². The maximum Gasteiger partial charge on any atom is 0.407 e. The van der Waals surface area contributed by atoms with Gasteiger partial charge in [0.05, 0.1) is 6.04 Å². The van der Waals surface area contributed by atoms with Gasteiger partial charge in [0.25, 0.3) is 0 Å². The van der Waals surface area contributed by atoms with E-state index in [0.29, 0.717) is 12.7 Å². The molecule has 4 N–H and O–H groups in total. The number of hydrogen-bond acceptors (Lipinski definition) is 3. The van der Waals surface area contributed by atoms with Crippen LogP contribution in [0.5, 0.6) is 0 Å². The van der Waals surface area contributed by atoms with Gasteiger partial charge in [0.1, 0.15) is 6.29 Å². The Hall–Kier alpha value is -1.82. The fourth-order valence-corrected chi connectivity index (χ4v) is 2.07. The summed E-state index contributed by atoms with van der Waals surface area (Å²) in [7, 11) is 1.39. The third kappa shape index (κ3) is 3.57. The number of carboxylic acid groups (broad SMARTS) is 1. The molecule has 0 fully saturated rings. The third-order valence-corrected chi connectivity index (χ3v) is 3.51. The lowest BCUT2D eigenvalue weighted by molar-refractivity contribution is -0.112. The van der Waals surface area contributed by atoms with Crippen molar-refractivity contribution in [3.63, 3.8) is 0 Å². The molecule has 2 atom stereocenters. The van der Waals surface area contributed by atoms with Gasteiger partial charge >= 0.3 is 6.09 Å². The zero-order valence-electron chi connectivity index (χ0n) is 11.5. The van der Waals surface area contributed by atoms with Crippen molar-refractivity contribution in [1.82, 2.24) is 9.88 Å². The minimum Gasteiger partial charge on any atom is -0.465 e. The number of nitrogens with zero attached hydrogens (tertiary/aromatic N) is 1. The first-order chi connectivity index (χ1) is 8.79. The van der Waals surface area contributed by atoms with E-state index >= 15 is 0 Å². The predicted octanol–water partition coefficient (Wildman–Crippen LogP) is 1.61. The summed E-state index contributed by atoms with van der Waals surface area (Å²) < 4.78 is 0. The Labute approximate surface area is 112 Å². The molecule has 0 aromatic carbocycles. The number of likely N-dealkylation sites (N-methyl/N-ethyl adjacent to an activating group) is 1. The number of carbonyl (C=O) groups is 2. The Morgan fingerprint density at radius 2 is 2.26 bits per heavy atom. The van der Waals surface area contributed by atoms with E-state index in [1.165, 1.54) is 7.05 Å². The molecule has 0 radical (unpaired) electrons. The Morgan fingerprint density at radius 1 is 1.63 bits per heavy atom. The molecular weight excluding hydrogens is 246 g/mol. The first-order valence-corrected chi connectivity index (χ1v) is 6.09. The topological polar surface area (TPSA) is 99.4 Å². The largest absolute Gasteiger partial charge is 0.465 e. The minimum absolute atomic E-state index is 0.275. The average molecular weight is 267 g/mol. The van der Waals surface area contributed by atoms with Crippen LogP contribution in [0.4, 0.5) is 4.79 Å². The summed E-state index contributed by atoms with van der Waals surface area (Å²) in [6.45, 7) is 3.85. The van der Waals surface area contributed by atoms with Gasteiger partial charge in [0, 0.05) is 25.5 Å². The van der Waals surface area contributed by atoms with Crippen molar-refractivity contribution >= 4 is 12.4 Å². The number of rotatable bonds is 6. The summed E-state index contributed by atoms with van der Waals surface area (Å²) in [6, 6.07) is 0.907. The third-order valence-electron chi connectivity index (χ3n) is 3.51. The van der Waals surface area contributed by atoms with Crippen molar-refractivity contribution in [2.75, 3.05) is 7.05 Å². The first-order valence-electron chi connectivity index (χ1n) is 6.09. The fourth-order valence-electron chi connectivity index (χ4n) is 2.07. The summed E-state index contributed by atoms with van der Waals surface area (Å²) in [5, 5.41) is 8.93. The molecule has 1 aromatic heterocycles. The van der Waals surface area contributed by atoms with Crippen LogP contribution in [0.15, 0.2) is 18.5 Å². The molecule has 0 saturated carbocycles. The zero-order valence-corrected chi connectivity index (χ0v) is 11.5. The van der Waals surface area contributed by atoms with E-state index in [1.807, 2.05) is 26.1 Å². The fraction of sp³-hybridized carbons (Fsp3) is 0.538. The monoisotopic (exact) mass is 267 g/mol. The maximum atomic E-state index is 11.1. The van der Waals surface area contributed by atoms with Crippen molar-refractivity contribution in [3.05, 3.63) is 24.0 Å². The molecule has 1 aromatic rings. The van der Waals surface area contributed by atoms with Crippen LogP contribution in [-0.4, -0.2) is 40.5 Å². The smallest absolute Gasteiger partial charge is 0.407 e. The molecule has 1 amide bonds. The Bertz CT molecular complexity index is 428. The maximum absolute atomic E-state index is 11.1. The molecule has 0 saturated heterocycles. The van der Waals surface area contributed by atoms with Crippen LogP contribution in [0.25, 0.3) is 0 Å². The summed E-state index contributed by atoms with van der Waals surface area (Å²) in [5.74, 6) is 0. The van der Waals surface area contributed by atoms with Crippen molar-refractivity contribution in [3.8, 4) is 0 Å². The molecular formula is C13H21N3O3. The van der Waals surface area contributed by atoms with E-state index in [2.05, 4.69) is 4.98 Å². The highest BCUT2D eigenvalue weighted by atomic mass is 16.4. The van der Waals surface area contributed by atoms with E-state index in [1.54, 1.807) is 6.20 Å². The van der Waals surface area contributed by atoms with Crippen molar-refractivity contribution in [1.29, 1.82) is 0 Å². The van der Waals surface area contributed by atoms with Gasteiger partial charge in [-0.2, -0.15) is 0 Å². The summed E-state index contributed by atoms with van der Waals surface area (Å²) in [5.41, 5.74) is 6.73. The second kappa shape index (κ2) is 5.88. The predicted molar refractivity (Wildman–Crippen MR) is 71.8 cm³/mol. The van der Waals surface area contributed by atoms with E-state index < -0.39 is 17.6 Å². The number of aromatic amines is 1. The van der Waals surface area contributed by atoms with Gasteiger partial charge in [0.15, 0.2) is 0 Å². The summed E-state index contributed by atoms with van der Waals surface area (Å²) in [6.07, 6.45) is 3.49. The second-order valence-electron chi connectivity index (χ2n) is 5.41. The SMILES string of the molecule is CN(C(=O)O)C(C=O)CC(C)(C)C(N)c1cc[nH]c1. The van der Waals surface area contributed by atoms with Crippen LogP contribution >= 0.6 is 0 Å². The highest BCUT2D eigenvalue weighted by molar-refractivity contribution is 5.71. The molecule has 0 aliphatic heterocycles. The van der Waals surface area contributed by atoms with Crippen LogP contribution in [0, 0.1) is 5.41 Å². The van der Waals surface area contributed by atoms with E-state index in [0.717, 1.165) is 10.5 Å². The molecule has 106 valence electrons. The van der Waals surface area contributed by atoms with E-state index in [4.69, 9.17) is 10.8 Å². The number of nitrogens with one attached hydrogen (secondary N) is 1. The van der Waals surface area contributed by atoms with Crippen LogP contribution in [0.3, 0.4) is 0 Å². The Kier molecular flexibility index (Phi) is 4.72. The number of carbonyl (C=O) groups excluding carboxylic acids is 1. The molecule has 0 aliphatic carbocycles. The van der Waals surface area contributed by atoms with Gasteiger partial charge in [0.2, 0.25) is 0 Å². The number of aldehydes is 1. The summed E-state index contributed by atoms with van der Waals surface area (Å²) in [4.78, 5) is 26.0. The molecule has 0 bridgehead atoms. The standard InChI is InChI=1S/C13H21N3O3/c1-13(2,11(14)9-4-5-15-7-9)6-10(8-17)16(3)12(18)19/h4-5,7-8,10-11,15H,6,14H2,1-3H3,(H,18,19). The summed E-state index contributed by atoms with van der Waals surface area (Å²) >= 11 is 0. The first kappa shape index (κ1) is 15.2. The van der Waals surface area contributed by atoms with Crippen molar-refractivity contribution in [2.45, 2.75) is 32.4 Å². The Balaban J connectivity index is 2.82. The number of H-pyrrole nitrogens is 1. The van der Waals surface area contributed by atoms with Crippen LogP contribution < -0.4 is 5.73 Å². The molecule has 0 aliphatic rings. The minimum atomic E-state index is -1.12. The second-order valence-corrected chi connectivity index (χ2v) is 5.41. The molecule has 6 heteroatoms. The van der Waals surface area contributed by atoms with Crippen molar-refractivity contribution in [2.24, 2.45) is 11.1 Å². The van der Waals surface area contributed by atoms with Gasteiger partial charge in [-0.05, 0) is 23.5 Å². The number of aromatic nitrogens is 1. The normalized spacial score (nSPS) is 14.7. The molecule has 2 unspecified atom stereocenters. The highest BCUT2D eigenvalue weighted by Gasteiger charge is 2.33. The number of nitrogens with two attached hydrogens (primary N) is 1. The van der Waals surface area contributed by atoms with Gasteiger partial charge in [-0.3, -0.25) is 0 Å². The molecule has 1 heterocycles. The van der Waals surface area contributed by atoms with Gasteiger partial charge < -0.3 is 25.5 Å².